The standard InChI is InChI=1S/C90H94O18/c1-92-88-85(82(100-58-71-44-24-8-25-45-71)79(97-55-68-38-18-5-19-39-68)75(103-88)61-93-52-65-32-12-2-13-33-65)107-90-87(84(102-60-73-48-28-10-29-49-73)81(99-57-70-42-22-7-23-43-70)77(105-90)63-95-54-67-36-16-4-17-37-67)108-89-86(106-78(91)64-96-74-50-30-11-31-51-74)83(101-59-72-46-26-9-27-47-72)80(98-56-69-40-20-6-21-41-69)76(104-89)62-94-53-66-34-14-3-15-35-66/h2-51,75-77,79-90H,52-64H2,1H3/t75-,76-,77-,79-,80-,81-,82+,83+,84+,85+,86+,87+,88+,89-,90-/m1/s1. The van der Waals surface area contributed by atoms with Crippen molar-refractivity contribution in [2.24, 2.45) is 0 Å². The molecule has 18 nitrogen and oxygen atoms in total. The topological polar surface area (TPSA) is 174 Å². The molecule has 3 aliphatic heterocycles. The molecular weight excluding hydrogens is 1370 g/mol. The van der Waals surface area contributed by atoms with E-state index in [0.29, 0.717) is 5.75 Å². The fourth-order valence-corrected chi connectivity index (χ4v) is 13.4. The van der Waals surface area contributed by atoms with Crippen LogP contribution in [0, 0.1) is 0 Å². The molecule has 0 spiro atoms. The molecule has 3 saturated heterocycles. The van der Waals surface area contributed by atoms with Crippen molar-refractivity contribution < 1.29 is 85.3 Å². The lowest BCUT2D eigenvalue weighted by Gasteiger charge is -2.51. The molecular formula is C90H94O18. The Bertz CT molecular complexity index is 4110. The maximum Gasteiger partial charge on any atom is 0.344 e. The van der Waals surface area contributed by atoms with Crippen molar-refractivity contribution in [2.75, 3.05) is 33.5 Å². The minimum atomic E-state index is -1.57. The zero-order valence-electron chi connectivity index (χ0n) is 60.6. The van der Waals surface area contributed by atoms with Crippen LogP contribution in [0.2, 0.25) is 0 Å². The zero-order chi connectivity index (χ0) is 73.6. The van der Waals surface area contributed by atoms with Crippen LogP contribution in [0.3, 0.4) is 0 Å². The van der Waals surface area contributed by atoms with Crippen LogP contribution in [0.1, 0.15) is 50.1 Å². The Balaban J connectivity index is 0.951. The van der Waals surface area contributed by atoms with E-state index in [9.17, 15) is 0 Å². The first-order chi connectivity index (χ1) is 53.4. The third-order valence-corrected chi connectivity index (χ3v) is 18.8. The van der Waals surface area contributed by atoms with Crippen LogP contribution in [0.15, 0.2) is 303 Å². The van der Waals surface area contributed by atoms with Gasteiger partial charge in [0.15, 0.2) is 31.6 Å². The zero-order valence-corrected chi connectivity index (χ0v) is 60.6. The Labute approximate surface area is 632 Å². The van der Waals surface area contributed by atoms with Crippen molar-refractivity contribution in [2.45, 2.75) is 152 Å². The van der Waals surface area contributed by atoms with E-state index in [2.05, 4.69) is 0 Å². The lowest BCUT2D eigenvalue weighted by atomic mass is 9.95. The van der Waals surface area contributed by atoms with Crippen LogP contribution in [-0.4, -0.2) is 132 Å². The third kappa shape index (κ3) is 22.7. The van der Waals surface area contributed by atoms with E-state index in [1.54, 1.807) is 19.2 Å². The first kappa shape index (κ1) is 77.0. The highest BCUT2D eigenvalue weighted by atomic mass is 16.8. The monoisotopic (exact) mass is 1460 g/mol. The minimum absolute atomic E-state index is 0.0309. The largest absolute Gasteiger partial charge is 0.482 e. The van der Waals surface area contributed by atoms with E-state index in [1.165, 1.54) is 0 Å². The van der Waals surface area contributed by atoms with Crippen LogP contribution < -0.4 is 4.74 Å². The molecule has 0 radical (unpaired) electrons. The SMILES string of the molecule is CO[C@H]1O[C@H](COCc2ccccc2)[C@@H](OCc2ccccc2)[C@H](OCc2ccccc2)[C@@H]1O[C@H]1O[C@H](COCc2ccccc2)[C@@H](OCc2ccccc2)[C@H](OCc2ccccc2)[C@@H]1O[C@H]1O[C@H](COCc2ccccc2)[C@@H](OCc2ccccc2)[C@H](OCc2ccccc2)[C@@H]1OC(=O)COc1ccccc1. The average molecular weight is 1460 g/mol. The molecule has 108 heavy (non-hydrogen) atoms. The summed E-state index contributed by atoms with van der Waals surface area (Å²) in [6.45, 7) is 0.815. The molecule has 0 unspecified atom stereocenters. The van der Waals surface area contributed by atoms with Crippen LogP contribution in [0.4, 0.5) is 0 Å². The number of methoxy groups -OCH3 is 1. The van der Waals surface area contributed by atoms with Gasteiger partial charge in [-0.15, -0.1) is 0 Å². The van der Waals surface area contributed by atoms with Gasteiger partial charge in [0.2, 0.25) is 0 Å². The summed E-state index contributed by atoms with van der Waals surface area (Å²) in [6, 6.07) is 97.7. The highest BCUT2D eigenvalue weighted by Crippen LogP contribution is 2.40. The van der Waals surface area contributed by atoms with Crippen molar-refractivity contribution in [1.82, 2.24) is 0 Å². The Morgan fingerprint density at radius 1 is 0.269 bits per heavy atom. The van der Waals surface area contributed by atoms with E-state index < -0.39 is 105 Å². The third-order valence-electron chi connectivity index (χ3n) is 18.8. The Morgan fingerprint density at radius 2 is 0.500 bits per heavy atom. The molecule has 0 amide bonds. The fraction of sp³-hybridized carbons (Fsp3) is 0.322. The number of benzene rings is 10. The molecule has 15 atom stereocenters. The lowest BCUT2D eigenvalue weighted by molar-refractivity contribution is -0.403. The summed E-state index contributed by atoms with van der Waals surface area (Å²) >= 11 is 0. The molecule has 0 aromatic heterocycles. The molecule has 562 valence electrons. The number of carbonyl (C=O) groups excluding carboxylic acids is 1. The van der Waals surface area contributed by atoms with E-state index in [1.807, 2.05) is 291 Å². The summed E-state index contributed by atoms with van der Waals surface area (Å²) in [5.74, 6) is -0.310. The predicted octanol–water partition coefficient (Wildman–Crippen LogP) is 14.7. The molecule has 3 heterocycles. The summed E-state index contributed by atoms with van der Waals surface area (Å²) in [5.41, 5.74) is 8.07. The minimum Gasteiger partial charge on any atom is -0.482 e. The summed E-state index contributed by atoms with van der Waals surface area (Å²) in [7, 11) is 1.56. The number of ether oxygens (including phenoxy) is 17. The van der Waals surface area contributed by atoms with Gasteiger partial charge in [0.25, 0.3) is 0 Å². The molecule has 0 aliphatic carbocycles. The summed E-state index contributed by atoms with van der Waals surface area (Å²) < 4.78 is 121. The second-order valence-electron chi connectivity index (χ2n) is 26.7. The van der Waals surface area contributed by atoms with Crippen molar-refractivity contribution in [3.63, 3.8) is 0 Å². The van der Waals surface area contributed by atoms with Crippen molar-refractivity contribution in [3.05, 3.63) is 353 Å². The van der Waals surface area contributed by atoms with Crippen LogP contribution in [0.25, 0.3) is 0 Å². The van der Waals surface area contributed by atoms with Gasteiger partial charge in [-0.25, -0.2) is 4.79 Å². The normalized spacial score (nSPS) is 24.2. The molecule has 13 rings (SSSR count). The fourth-order valence-electron chi connectivity index (χ4n) is 13.4. The molecule has 0 bridgehead atoms. The Hall–Kier alpha value is -9.13. The molecule has 10 aromatic carbocycles. The molecule has 18 heteroatoms. The number of para-hydroxylation sites is 1. The van der Waals surface area contributed by atoms with Crippen molar-refractivity contribution in [3.8, 4) is 5.75 Å². The summed E-state index contributed by atoms with van der Waals surface area (Å²) in [5, 5.41) is 0. The van der Waals surface area contributed by atoms with Crippen LogP contribution in [-0.2, 0) is 140 Å². The van der Waals surface area contributed by atoms with Gasteiger partial charge in [-0.1, -0.05) is 291 Å². The highest BCUT2D eigenvalue weighted by molar-refractivity contribution is 5.71. The highest BCUT2D eigenvalue weighted by Gasteiger charge is 2.58. The molecule has 10 aromatic rings. The van der Waals surface area contributed by atoms with Crippen LogP contribution in [0.5, 0.6) is 5.75 Å². The Kier molecular flexibility index (Phi) is 29.6. The predicted molar refractivity (Wildman–Crippen MR) is 403 cm³/mol. The summed E-state index contributed by atoms with van der Waals surface area (Å²) in [6.07, 6.45) is -17.3. The van der Waals surface area contributed by atoms with Crippen molar-refractivity contribution >= 4 is 5.97 Å². The second-order valence-corrected chi connectivity index (χ2v) is 26.7. The van der Waals surface area contributed by atoms with Gasteiger partial charge in [-0.05, 0) is 62.2 Å². The maximum absolute atomic E-state index is 15.1. The first-order valence-corrected chi connectivity index (χ1v) is 36.9. The lowest BCUT2D eigenvalue weighted by Crippen LogP contribution is -2.68. The smallest absolute Gasteiger partial charge is 0.344 e. The van der Waals surface area contributed by atoms with Gasteiger partial charge in [0.1, 0.15) is 72.9 Å². The van der Waals surface area contributed by atoms with Crippen LogP contribution >= 0.6 is 0 Å². The number of rotatable bonds is 39. The van der Waals surface area contributed by atoms with Gasteiger partial charge in [0, 0.05) is 7.11 Å². The van der Waals surface area contributed by atoms with Gasteiger partial charge < -0.3 is 80.5 Å². The number of carbonyl (C=O) groups is 1. The van der Waals surface area contributed by atoms with E-state index in [4.69, 9.17) is 80.5 Å². The van der Waals surface area contributed by atoms with Gasteiger partial charge in [0.05, 0.1) is 79.3 Å². The molecule has 3 aliphatic rings. The first-order valence-electron chi connectivity index (χ1n) is 36.9. The quantitative estimate of drug-likeness (QED) is 0.0332. The second kappa shape index (κ2) is 41.4. The number of hydrogen-bond donors (Lipinski definition) is 0. The van der Waals surface area contributed by atoms with Gasteiger partial charge >= 0.3 is 5.97 Å². The average Bonchev–Trinajstić information content (AvgIpc) is 0.765. The summed E-state index contributed by atoms with van der Waals surface area (Å²) in [4.78, 5) is 15.1. The Morgan fingerprint density at radius 3 is 0.787 bits per heavy atom. The van der Waals surface area contributed by atoms with E-state index >= 15 is 4.79 Å². The van der Waals surface area contributed by atoms with E-state index in [0.717, 1.165) is 50.1 Å². The number of hydrogen-bond acceptors (Lipinski definition) is 18. The molecule has 3 fully saturated rings. The maximum atomic E-state index is 15.1. The van der Waals surface area contributed by atoms with Gasteiger partial charge in [-0.3, -0.25) is 0 Å². The molecule has 0 N–H and O–H groups in total. The van der Waals surface area contributed by atoms with E-state index in [-0.39, 0.29) is 79.3 Å². The number of esters is 1. The van der Waals surface area contributed by atoms with Gasteiger partial charge in [-0.2, -0.15) is 0 Å². The molecule has 0 saturated carbocycles. The van der Waals surface area contributed by atoms with Crippen molar-refractivity contribution in [1.29, 1.82) is 0 Å².